The highest BCUT2D eigenvalue weighted by atomic mass is 16.5. The highest BCUT2D eigenvalue weighted by Crippen LogP contribution is 2.37. The van der Waals surface area contributed by atoms with Gasteiger partial charge in [-0.2, -0.15) is 0 Å². The van der Waals surface area contributed by atoms with Crippen LogP contribution >= 0.6 is 0 Å². The summed E-state index contributed by atoms with van der Waals surface area (Å²) >= 11 is 0. The van der Waals surface area contributed by atoms with E-state index in [9.17, 15) is 4.79 Å². The van der Waals surface area contributed by atoms with Gasteiger partial charge in [0.25, 0.3) is 5.91 Å². The van der Waals surface area contributed by atoms with Gasteiger partial charge in [0.1, 0.15) is 0 Å². The fourth-order valence-corrected chi connectivity index (χ4v) is 3.92. The maximum Gasteiger partial charge on any atom is 0.251 e. The fourth-order valence-electron chi connectivity index (χ4n) is 3.92. The van der Waals surface area contributed by atoms with Crippen molar-refractivity contribution in [1.29, 1.82) is 5.41 Å². The number of anilines is 1. The van der Waals surface area contributed by atoms with E-state index in [1.165, 1.54) is 6.21 Å². The van der Waals surface area contributed by atoms with Gasteiger partial charge in [0.15, 0.2) is 0 Å². The topological polar surface area (TPSA) is 91.4 Å². The Morgan fingerprint density at radius 3 is 2.59 bits per heavy atom. The highest BCUT2D eigenvalue weighted by Gasteiger charge is 2.22. The molecule has 1 heterocycles. The molecule has 0 saturated carbocycles. The molecule has 172 valence electrons. The minimum Gasteiger partial charge on any atom is -0.398 e. The molecule has 2 aromatic carbocycles. The minimum absolute atomic E-state index is 0. The molecule has 0 saturated heterocycles. The Balaban J connectivity index is 0.00000289. The minimum atomic E-state index is -0.0871. The number of likely N-dealkylation sites (N-methyl/N-ethyl adjacent to an activating group) is 1. The quantitative estimate of drug-likeness (QED) is 0.426. The number of nitrogens with zero attached hydrogens (tertiary/aromatic N) is 1. The number of rotatable bonds is 8. The lowest BCUT2D eigenvalue weighted by atomic mass is 9.84. The number of aryl methyl sites for hydroxylation is 1. The number of nitrogens with two attached hydrogens (primary N) is 1. The van der Waals surface area contributed by atoms with Crippen LogP contribution in [0.5, 0.6) is 0 Å². The Bertz CT molecular complexity index is 1060. The molecule has 0 fully saturated rings. The van der Waals surface area contributed by atoms with Crippen molar-refractivity contribution in [2.75, 3.05) is 46.1 Å². The van der Waals surface area contributed by atoms with Crippen molar-refractivity contribution >= 4 is 29.0 Å². The number of nitrogens with one attached hydrogen (secondary N) is 2. The predicted molar refractivity (Wildman–Crippen MR) is 136 cm³/mol. The first-order valence-corrected chi connectivity index (χ1v) is 10.8. The summed E-state index contributed by atoms with van der Waals surface area (Å²) in [4.78, 5) is 14.4. The number of hydrogen-bond acceptors (Lipinski definition) is 5. The van der Waals surface area contributed by atoms with Crippen LogP contribution in [0.25, 0.3) is 11.1 Å². The van der Waals surface area contributed by atoms with Gasteiger partial charge in [-0.15, -0.1) is 0 Å². The van der Waals surface area contributed by atoms with Crippen molar-refractivity contribution in [2.24, 2.45) is 0 Å². The fraction of sp³-hybridized carbons (Fsp3) is 0.308. The molecule has 3 rings (SSSR count). The molecule has 1 aliphatic heterocycles. The van der Waals surface area contributed by atoms with Crippen molar-refractivity contribution in [1.82, 2.24) is 10.2 Å². The molecule has 6 nitrogen and oxygen atoms in total. The predicted octanol–water partition coefficient (Wildman–Crippen LogP) is 4.25. The largest absolute Gasteiger partial charge is 0.398 e. The molecule has 0 spiro atoms. The van der Waals surface area contributed by atoms with Crippen molar-refractivity contribution in [2.45, 2.75) is 13.3 Å². The second kappa shape index (κ2) is 10.4. The van der Waals surface area contributed by atoms with Crippen LogP contribution in [-0.4, -0.2) is 57.4 Å². The molecular weight excluding hydrogens is 400 g/mol. The van der Waals surface area contributed by atoms with E-state index in [1.54, 1.807) is 0 Å². The first kappa shape index (κ1) is 23.4. The van der Waals surface area contributed by atoms with E-state index < -0.39 is 0 Å². The molecule has 1 amide bonds. The summed E-state index contributed by atoms with van der Waals surface area (Å²) in [5.74, 6) is -0.0871. The van der Waals surface area contributed by atoms with Gasteiger partial charge in [-0.1, -0.05) is 24.8 Å². The zero-order chi connectivity index (χ0) is 23.3. The van der Waals surface area contributed by atoms with Crippen LogP contribution in [0.2, 0.25) is 0 Å². The average molecular weight is 437 g/mol. The Labute approximate surface area is 193 Å². The van der Waals surface area contributed by atoms with Crippen LogP contribution < -0.4 is 11.1 Å². The third-order valence-electron chi connectivity index (χ3n) is 5.75. The number of carbonyl (C=O) groups is 1. The van der Waals surface area contributed by atoms with Gasteiger partial charge in [0, 0.05) is 39.0 Å². The Morgan fingerprint density at radius 2 is 1.94 bits per heavy atom. The summed E-state index contributed by atoms with van der Waals surface area (Å²) in [7, 11) is 3.95. The number of ether oxygens (including phenoxy) is 1. The molecule has 6 heteroatoms. The smallest absolute Gasteiger partial charge is 0.251 e. The lowest BCUT2D eigenvalue weighted by Crippen LogP contribution is -2.31. The first-order valence-electron chi connectivity index (χ1n) is 10.8. The van der Waals surface area contributed by atoms with Crippen LogP contribution in [0.4, 0.5) is 5.69 Å². The van der Waals surface area contributed by atoms with Gasteiger partial charge in [0.2, 0.25) is 0 Å². The van der Waals surface area contributed by atoms with Gasteiger partial charge in [0.05, 0.1) is 13.2 Å². The van der Waals surface area contributed by atoms with E-state index in [4.69, 9.17) is 15.9 Å². The molecule has 0 atom stereocenters. The molecule has 2 aromatic rings. The second-order valence-corrected chi connectivity index (χ2v) is 8.28. The van der Waals surface area contributed by atoms with E-state index in [-0.39, 0.29) is 8.76 Å². The van der Waals surface area contributed by atoms with Crippen LogP contribution in [0.15, 0.2) is 48.6 Å². The first-order chi connectivity index (χ1) is 15.3. The number of benzene rings is 2. The van der Waals surface area contributed by atoms with E-state index >= 15 is 0 Å². The van der Waals surface area contributed by atoms with Gasteiger partial charge in [-0.25, -0.2) is 0 Å². The van der Waals surface area contributed by atoms with Gasteiger partial charge in [-0.05, 0) is 79.0 Å². The Kier molecular flexibility index (Phi) is 7.62. The highest BCUT2D eigenvalue weighted by molar-refractivity contribution is 5.99. The molecule has 0 aromatic heterocycles. The average Bonchev–Trinajstić information content (AvgIpc) is 2.79. The van der Waals surface area contributed by atoms with Crippen molar-refractivity contribution in [3.8, 4) is 0 Å². The number of hydrogen-bond donors (Lipinski definition) is 3. The van der Waals surface area contributed by atoms with Gasteiger partial charge < -0.3 is 26.1 Å². The summed E-state index contributed by atoms with van der Waals surface area (Å²) in [5.41, 5.74) is 14.1. The summed E-state index contributed by atoms with van der Waals surface area (Å²) in [6.45, 7) is 8.84. The van der Waals surface area contributed by atoms with Crippen LogP contribution in [-0.2, 0) is 4.74 Å². The molecule has 32 heavy (non-hydrogen) atoms. The normalized spacial score (nSPS) is 13.9. The molecule has 4 N–H and O–H groups in total. The Hall–Kier alpha value is -3.22. The van der Waals surface area contributed by atoms with Crippen LogP contribution in [0, 0.1) is 12.3 Å². The monoisotopic (exact) mass is 436 g/mol. The van der Waals surface area contributed by atoms with Gasteiger partial charge in [-0.3, -0.25) is 4.79 Å². The third-order valence-corrected chi connectivity index (χ3v) is 5.75. The third kappa shape index (κ3) is 5.15. The second-order valence-electron chi connectivity index (χ2n) is 8.28. The summed E-state index contributed by atoms with van der Waals surface area (Å²) in [6, 6.07) is 11.3. The maximum absolute atomic E-state index is 12.4. The SMILES string of the molecule is C=C(C1=C(c2c(C)ccc(N)c2C=N)CCOC1)c1ccc(C(=O)NCCN(C)C)cc1.[HH].[HH]. The lowest BCUT2D eigenvalue weighted by Gasteiger charge is -2.25. The molecule has 0 aliphatic carbocycles. The summed E-state index contributed by atoms with van der Waals surface area (Å²) < 4.78 is 5.77. The molecular formula is C26H36N4O2. The summed E-state index contributed by atoms with van der Waals surface area (Å²) in [6.07, 6.45) is 2.05. The zero-order valence-corrected chi connectivity index (χ0v) is 19.1. The van der Waals surface area contributed by atoms with E-state index in [2.05, 4.69) is 11.9 Å². The molecule has 1 aliphatic rings. The van der Waals surface area contributed by atoms with E-state index in [1.807, 2.05) is 62.3 Å². The number of nitrogen functional groups attached to an aromatic ring is 1. The molecule has 0 bridgehead atoms. The standard InChI is InChI=1S/C26H32N4O2.2H2/c1-17-5-10-24(28)22(15-27)25(17)21-11-14-32-16-23(21)18(2)19-6-8-20(9-7-19)26(31)29-12-13-30(3)4;;/h5-10,15,27H,2,11-14,16,28H2,1,3-4H3,(H,29,31);2*1H. The maximum atomic E-state index is 12.4. The van der Waals surface area contributed by atoms with Crippen LogP contribution in [0.1, 0.15) is 41.9 Å². The van der Waals surface area contributed by atoms with Crippen molar-refractivity contribution < 1.29 is 12.4 Å². The molecule has 0 unspecified atom stereocenters. The van der Waals surface area contributed by atoms with Crippen molar-refractivity contribution in [3.63, 3.8) is 0 Å². The van der Waals surface area contributed by atoms with E-state index in [0.29, 0.717) is 31.0 Å². The summed E-state index contributed by atoms with van der Waals surface area (Å²) in [5, 5.41) is 10.8. The zero-order valence-electron chi connectivity index (χ0n) is 19.1. The Morgan fingerprint density at radius 1 is 1.25 bits per heavy atom. The number of carbonyl (C=O) groups excluding carboxylic acids is 1. The van der Waals surface area contributed by atoms with Crippen molar-refractivity contribution in [3.05, 3.63) is 76.4 Å². The van der Waals surface area contributed by atoms with Crippen LogP contribution in [0.3, 0.4) is 0 Å². The van der Waals surface area contributed by atoms with E-state index in [0.717, 1.165) is 51.9 Å². The lowest BCUT2D eigenvalue weighted by molar-refractivity contribution is 0.0951. The number of amides is 1. The van der Waals surface area contributed by atoms with Gasteiger partial charge >= 0.3 is 0 Å². The molecule has 0 radical (unpaired) electrons.